The third kappa shape index (κ3) is 1.88. The van der Waals surface area contributed by atoms with Crippen molar-refractivity contribution in [1.82, 2.24) is 9.78 Å². The molecule has 0 fully saturated rings. The fourth-order valence-electron chi connectivity index (χ4n) is 2.03. The molecule has 1 aromatic heterocycles. The van der Waals surface area contributed by atoms with E-state index in [-0.39, 0.29) is 0 Å². The molecule has 0 saturated heterocycles. The smallest absolute Gasteiger partial charge is 0.107 e. The van der Waals surface area contributed by atoms with Gasteiger partial charge in [0.25, 0.3) is 0 Å². The third-order valence-corrected chi connectivity index (χ3v) is 3.58. The van der Waals surface area contributed by atoms with E-state index in [9.17, 15) is 0 Å². The molecule has 0 aliphatic heterocycles. The fraction of sp³-hybridized carbons (Fsp3) is 0.727. The molecule has 0 bridgehead atoms. The summed E-state index contributed by atoms with van der Waals surface area (Å²) in [4.78, 5) is 0. The lowest BCUT2D eigenvalue weighted by atomic mass is 9.99. The van der Waals surface area contributed by atoms with Gasteiger partial charge in [-0.2, -0.15) is 5.10 Å². The van der Waals surface area contributed by atoms with Crippen molar-refractivity contribution >= 4 is 15.9 Å². The number of nitrogens with zero attached hydrogens (tertiary/aromatic N) is 2. The molecule has 0 amide bonds. The molecule has 0 radical (unpaired) electrons. The predicted octanol–water partition coefficient (Wildman–Crippen LogP) is 3.18. The number of aryl methyl sites for hydroxylation is 1. The van der Waals surface area contributed by atoms with Gasteiger partial charge in [-0.1, -0.05) is 13.8 Å². The number of hydrogen-bond donors (Lipinski definition) is 0. The van der Waals surface area contributed by atoms with Crippen LogP contribution in [0, 0.1) is 5.92 Å². The Morgan fingerprint density at radius 3 is 2.71 bits per heavy atom. The topological polar surface area (TPSA) is 17.8 Å². The highest BCUT2D eigenvalue weighted by Gasteiger charge is 2.18. The summed E-state index contributed by atoms with van der Waals surface area (Å²) in [5.41, 5.74) is 2.78. The Morgan fingerprint density at radius 1 is 1.36 bits per heavy atom. The highest BCUT2D eigenvalue weighted by Crippen LogP contribution is 2.28. The van der Waals surface area contributed by atoms with Crippen molar-refractivity contribution in [3.8, 4) is 0 Å². The first-order valence-electron chi connectivity index (χ1n) is 5.42. The zero-order chi connectivity index (χ0) is 10.1. The Balaban J connectivity index is 2.29. The summed E-state index contributed by atoms with van der Waals surface area (Å²) >= 11 is 3.67. The lowest BCUT2D eigenvalue weighted by Crippen LogP contribution is -2.06. The lowest BCUT2D eigenvalue weighted by Gasteiger charge is -2.08. The molecule has 2 nitrogen and oxygen atoms in total. The molecule has 78 valence electrons. The minimum absolute atomic E-state index is 0.660. The second kappa shape index (κ2) is 4.05. The molecule has 1 aliphatic rings. The molecular formula is C11H17BrN2. The van der Waals surface area contributed by atoms with E-state index in [1.54, 1.807) is 0 Å². The van der Waals surface area contributed by atoms with Crippen molar-refractivity contribution in [3.05, 3.63) is 15.9 Å². The monoisotopic (exact) mass is 256 g/mol. The lowest BCUT2D eigenvalue weighted by molar-refractivity contribution is 0.473. The maximum absolute atomic E-state index is 4.66. The van der Waals surface area contributed by atoms with Crippen molar-refractivity contribution in [2.75, 3.05) is 0 Å². The van der Waals surface area contributed by atoms with Crippen LogP contribution in [-0.4, -0.2) is 9.78 Å². The molecule has 0 unspecified atom stereocenters. The van der Waals surface area contributed by atoms with Crippen LogP contribution in [0.25, 0.3) is 0 Å². The molecule has 14 heavy (non-hydrogen) atoms. The first-order valence-corrected chi connectivity index (χ1v) is 6.22. The van der Waals surface area contributed by atoms with Gasteiger partial charge in [-0.3, -0.25) is 4.68 Å². The largest absolute Gasteiger partial charge is 0.258 e. The van der Waals surface area contributed by atoms with E-state index < -0.39 is 0 Å². The van der Waals surface area contributed by atoms with Crippen LogP contribution in [0.4, 0.5) is 0 Å². The molecule has 0 atom stereocenters. The molecule has 0 N–H and O–H groups in total. The van der Waals surface area contributed by atoms with Crippen LogP contribution in [0.5, 0.6) is 0 Å². The van der Waals surface area contributed by atoms with E-state index in [4.69, 9.17) is 0 Å². The highest BCUT2D eigenvalue weighted by molar-refractivity contribution is 9.10. The number of halogens is 1. The molecule has 0 aromatic carbocycles. The van der Waals surface area contributed by atoms with Gasteiger partial charge in [-0.25, -0.2) is 0 Å². The van der Waals surface area contributed by atoms with Gasteiger partial charge in [0.15, 0.2) is 0 Å². The minimum Gasteiger partial charge on any atom is -0.258 e. The first-order chi connectivity index (χ1) is 6.68. The van der Waals surface area contributed by atoms with E-state index >= 15 is 0 Å². The Labute approximate surface area is 93.8 Å². The zero-order valence-corrected chi connectivity index (χ0v) is 10.5. The van der Waals surface area contributed by atoms with Gasteiger partial charge in [0.1, 0.15) is 4.60 Å². The predicted molar refractivity (Wildman–Crippen MR) is 61.4 cm³/mol. The average molecular weight is 257 g/mol. The Morgan fingerprint density at radius 2 is 2.07 bits per heavy atom. The average Bonchev–Trinajstić information content (AvgIpc) is 2.44. The van der Waals surface area contributed by atoms with Crippen molar-refractivity contribution in [3.63, 3.8) is 0 Å². The van der Waals surface area contributed by atoms with Crippen LogP contribution in [-0.2, 0) is 19.4 Å². The Bertz CT molecular complexity index is 328. The van der Waals surface area contributed by atoms with E-state index in [0.717, 1.165) is 6.54 Å². The second-order valence-electron chi connectivity index (χ2n) is 4.50. The summed E-state index contributed by atoms with van der Waals surface area (Å²) < 4.78 is 3.35. The van der Waals surface area contributed by atoms with E-state index in [0.29, 0.717) is 5.92 Å². The minimum atomic E-state index is 0.660. The Hall–Kier alpha value is -0.310. The zero-order valence-electron chi connectivity index (χ0n) is 8.89. The summed E-state index contributed by atoms with van der Waals surface area (Å²) in [7, 11) is 0. The molecule has 0 spiro atoms. The normalized spacial score (nSPS) is 16.0. The Kier molecular flexibility index (Phi) is 2.96. The van der Waals surface area contributed by atoms with E-state index in [2.05, 4.69) is 39.6 Å². The van der Waals surface area contributed by atoms with Crippen molar-refractivity contribution in [1.29, 1.82) is 0 Å². The van der Waals surface area contributed by atoms with Gasteiger partial charge in [-0.05, 0) is 47.5 Å². The molecule has 3 heteroatoms. The summed E-state index contributed by atoms with van der Waals surface area (Å²) in [6, 6.07) is 0. The quantitative estimate of drug-likeness (QED) is 0.795. The third-order valence-electron chi connectivity index (χ3n) is 2.69. The summed E-state index contributed by atoms with van der Waals surface area (Å²) in [6.45, 7) is 5.48. The number of aromatic nitrogens is 2. The van der Waals surface area contributed by atoms with Crippen LogP contribution in [0.3, 0.4) is 0 Å². The summed E-state index contributed by atoms with van der Waals surface area (Å²) in [5.74, 6) is 0.660. The summed E-state index contributed by atoms with van der Waals surface area (Å²) in [6.07, 6.45) is 4.99. The van der Waals surface area contributed by atoms with Gasteiger partial charge >= 0.3 is 0 Å². The van der Waals surface area contributed by atoms with Crippen molar-refractivity contribution < 1.29 is 0 Å². The van der Waals surface area contributed by atoms with Gasteiger partial charge < -0.3 is 0 Å². The van der Waals surface area contributed by atoms with Gasteiger partial charge in [0.05, 0.1) is 5.69 Å². The fourth-order valence-corrected chi connectivity index (χ4v) is 2.69. The van der Waals surface area contributed by atoms with Gasteiger partial charge in [-0.15, -0.1) is 0 Å². The maximum Gasteiger partial charge on any atom is 0.107 e. The highest BCUT2D eigenvalue weighted by atomic mass is 79.9. The first kappa shape index (κ1) is 10.2. The van der Waals surface area contributed by atoms with Crippen LogP contribution in [0.15, 0.2) is 4.60 Å². The number of fused-ring (bicyclic) bond motifs is 1. The van der Waals surface area contributed by atoms with Crippen LogP contribution < -0.4 is 0 Å². The number of rotatable bonds is 2. The van der Waals surface area contributed by atoms with Gasteiger partial charge in [0, 0.05) is 12.1 Å². The molecule has 2 rings (SSSR count). The van der Waals surface area contributed by atoms with E-state index in [1.807, 2.05) is 0 Å². The molecule has 1 aliphatic carbocycles. The van der Waals surface area contributed by atoms with Crippen LogP contribution >= 0.6 is 15.9 Å². The SMILES string of the molecule is CC(C)Cn1nc2c(c1Br)CCCC2. The maximum atomic E-state index is 4.66. The summed E-state index contributed by atoms with van der Waals surface area (Å²) in [5, 5.41) is 4.66. The number of hydrogen-bond acceptors (Lipinski definition) is 1. The molecule has 1 aromatic rings. The van der Waals surface area contributed by atoms with Crippen molar-refractivity contribution in [2.45, 2.75) is 46.1 Å². The van der Waals surface area contributed by atoms with Crippen molar-refractivity contribution in [2.24, 2.45) is 5.92 Å². The van der Waals surface area contributed by atoms with E-state index in [1.165, 1.54) is 41.5 Å². The molecule has 0 saturated carbocycles. The van der Waals surface area contributed by atoms with Crippen LogP contribution in [0.1, 0.15) is 37.9 Å². The second-order valence-corrected chi connectivity index (χ2v) is 5.25. The van der Waals surface area contributed by atoms with Crippen LogP contribution in [0.2, 0.25) is 0 Å². The van der Waals surface area contributed by atoms with Gasteiger partial charge in [0.2, 0.25) is 0 Å². The molecule has 1 heterocycles. The molecular weight excluding hydrogens is 240 g/mol. The standard InChI is InChI=1S/C11H17BrN2/c1-8(2)7-14-11(12)9-5-3-4-6-10(9)13-14/h8H,3-7H2,1-2H3.